The summed E-state index contributed by atoms with van der Waals surface area (Å²) in [4.78, 5) is 34.5. The van der Waals surface area contributed by atoms with E-state index in [1.54, 1.807) is 0 Å². The molecule has 0 aliphatic carbocycles. The minimum atomic E-state index is -1.08. The van der Waals surface area contributed by atoms with Crippen LogP contribution >= 0.6 is 0 Å². The largest absolute Gasteiger partial charge is 0.394 e. The van der Waals surface area contributed by atoms with Gasteiger partial charge in [-0.25, -0.2) is 4.98 Å². The number of hydrogen-bond acceptors (Lipinski definition) is 8. The van der Waals surface area contributed by atoms with Gasteiger partial charge in [0.25, 0.3) is 11.8 Å². The number of likely N-dealkylation sites (N-methyl/N-ethyl adjacent to an activating group) is 2. The molecular formula is C14H22N4O6. The summed E-state index contributed by atoms with van der Waals surface area (Å²) in [5.41, 5.74) is -0.186. The van der Waals surface area contributed by atoms with E-state index in [0.29, 0.717) is 0 Å². The molecule has 0 spiro atoms. The molecule has 0 fully saturated rings. The van der Waals surface area contributed by atoms with Crippen molar-refractivity contribution in [2.24, 2.45) is 0 Å². The zero-order chi connectivity index (χ0) is 18.3. The Morgan fingerprint density at radius 1 is 0.958 bits per heavy atom. The lowest BCUT2D eigenvalue weighted by Crippen LogP contribution is -2.38. The van der Waals surface area contributed by atoms with Gasteiger partial charge in [0.15, 0.2) is 0 Å². The quantitative estimate of drug-likeness (QED) is 0.400. The zero-order valence-electron chi connectivity index (χ0n) is 13.5. The van der Waals surface area contributed by atoms with Crippen molar-refractivity contribution >= 4 is 11.8 Å². The molecule has 1 rings (SSSR count). The van der Waals surface area contributed by atoms with Gasteiger partial charge in [-0.3, -0.25) is 14.6 Å². The Kier molecular flexibility index (Phi) is 7.65. The van der Waals surface area contributed by atoms with Crippen molar-refractivity contribution in [3.05, 3.63) is 23.8 Å². The molecule has 10 nitrogen and oxygen atoms in total. The fourth-order valence-electron chi connectivity index (χ4n) is 1.88. The number of carbonyl (C=O) groups excluding carboxylic acids is 2. The minimum absolute atomic E-state index is 0.0930. The van der Waals surface area contributed by atoms with Crippen LogP contribution in [0.2, 0.25) is 0 Å². The van der Waals surface area contributed by atoms with Crippen LogP contribution < -0.4 is 0 Å². The topological polar surface area (TPSA) is 147 Å². The number of carbonyl (C=O) groups is 2. The summed E-state index contributed by atoms with van der Waals surface area (Å²) in [6, 6.07) is 0. The van der Waals surface area contributed by atoms with Gasteiger partial charge in [-0.15, -0.1) is 0 Å². The van der Waals surface area contributed by atoms with Crippen molar-refractivity contribution in [3.8, 4) is 0 Å². The van der Waals surface area contributed by atoms with E-state index < -0.39 is 37.2 Å². The second-order valence-electron chi connectivity index (χ2n) is 5.33. The first kappa shape index (κ1) is 19.9. The fourth-order valence-corrected chi connectivity index (χ4v) is 1.88. The van der Waals surface area contributed by atoms with Crippen molar-refractivity contribution < 1.29 is 30.0 Å². The summed E-state index contributed by atoms with van der Waals surface area (Å²) in [6.07, 6.45) is 0.207. The summed E-state index contributed by atoms with van der Waals surface area (Å²) in [7, 11) is 2.84. The number of hydrogen-bond donors (Lipinski definition) is 4. The average molecular weight is 342 g/mol. The van der Waals surface area contributed by atoms with Crippen LogP contribution in [0.3, 0.4) is 0 Å². The van der Waals surface area contributed by atoms with Gasteiger partial charge in [-0.2, -0.15) is 0 Å². The third kappa shape index (κ3) is 5.49. The van der Waals surface area contributed by atoms with Gasteiger partial charge in [-0.05, 0) is 0 Å². The average Bonchev–Trinajstić information content (AvgIpc) is 2.59. The molecule has 2 amide bonds. The Morgan fingerprint density at radius 3 is 1.67 bits per heavy atom. The molecule has 4 N–H and O–H groups in total. The molecule has 0 saturated carbocycles. The Morgan fingerprint density at radius 2 is 1.33 bits per heavy atom. The summed E-state index contributed by atoms with van der Waals surface area (Å²) < 4.78 is 0. The number of aromatic nitrogens is 2. The Labute approximate surface area is 139 Å². The number of amides is 2. The molecule has 0 aromatic carbocycles. The Balaban J connectivity index is 2.85. The summed E-state index contributed by atoms with van der Waals surface area (Å²) >= 11 is 0. The van der Waals surface area contributed by atoms with Crippen molar-refractivity contribution in [2.75, 3.05) is 40.4 Å². The van der Waals surface area contributed by atoms with Gasteiger partial charge in [-0.1, -0.05) is 0 Å². The van der Waals surface area contributed by atoms with Gasteiger partial charge in [0.05, 0.1) is 37.8 Å². The molecule has 0 bridgehead atoms. The molecule has 2 unspecified atom stereocenters. The van der Waals surface area contributed by atoms with Crippen LogP contribution in [-0.4, -0.2) is 105 Å². The van der Waals surface area contributed by atoms with E-state index in [4.69, 9.17) is 10.2 Å². The van der Waals surface area contributed by atoms with E-state index in [9.17, 15) is 19.8 Å². The van der Waals surface area contributed by atoms with Gasteiger partial charge in [0.1, 0.15) is 11.4 Å². The first-order valence-corrected chi connectivity index (χ1v) is 7.21. The summed E-state index contributed by atoms with van der Waals surface area (Å²) in [6.45, 7) is -1.17. The van der Waals surface area contributed by atoms with Crippen molar-refractivity contribution in [2.45, 2.75) is 12.2 Å². The predicted octanol–water partition coefficient (Wildman–Crippen LogP) is -2.67. The van der Waals surface area contributed by atoms with Crippen LogP contribution in [0.1, 0.15) is 21.0 Å². The van der Waals surface area contributed by atoms with E-state index in [1.165, 1.54) is 26.5 Å². The van der Waals surface area contributed by atoms with E-state index >= 15 is 0 Å². The first-order valence-electron chi connectivity index (χ1n) is 7.21. The molecule has 1 aromatic heterocycles. The van der Waals surface area contributed by atoms with Crippen molar-refractivity contribution in [1.82, 2.24) is 19.8 Å². The molecule has 0 radical (unpaired) electrons. The Bertz CT molecular complexity index is 525. The maximum Gasteiger partial charge on any atom is 0.273 e. The molecule has 134 valence electrons. The van der Waals surface area contributed by atoms with Crippen molar-refractivity contribution in [1.29, 1.82) is 0 Å². The molecule has 24 heavy (non-hydrogen) atoms. The monoisotopic (exact) mass is 342 g/mol. The highest BCUT2D eigenvalue weighted by Gasteiger charge is 2.21. The molecule has 1 heterocycles. The highest BCUT2D eigenvalue weighted by Crippen LogP contribution is 2.05. The van der Waals surface area contributed by atoms with Crippen LogP contribution in [0.15, 0.2) is 12.4 Å². The number of aliphatic hydroxyl groups is 4. The number of nitrogens with zero attached hydrogens (tertiary/aromatic N) is 4. The normalized spacial score (nSPS) is 13.2. The molecule has 10 heteroatoms. The second kappa shape index (κ2) is 9.23. The molecule has 2 atom stereocenters. The lowest BCUT2D eigenvalue weighted by Gasteiger charge is -2.20. The van der Waals surface area contributed by atoms with E-state index in [2.05, 4.69) is 9.97 Å². The fraction of sp³-hybridized carbons (Fsp3) is 0.571. The lowest BCUT2D eigenvalue weighted by atomic mass is 10.3. The highest BCUT2D eigenvalue weighted by atomic mass is 16.3. The third-order valence-corrected chi connectivity index (χ3v) is 3.16. The van der Waals surface area contributed by atoms with Gasteiger partial charge < -0.3 is 30.2 Å². The SMILES string of the molecule is CN(CC(O)CO)C(=O)c1cncc(C(=O)N(C)CC(O)CO)n1. The maximum atomic E-state index is 12.2. The predicted molar refractivity (Wildman–Crippen MR) is 82.1 cm³/mol. The molecular weight excluding hydrogens is 320 g/mol. The van der Waals surface area contributed by atoms with Crippen LogP contribution in [0.25, 0.3) is 0 Å². The first-order chi connectivity index (χ1) is 11.3. The van der Waals surface area contributed by atoms with Crippen LogP contribution in [0.4, 0.5) is 0 Å². The number of aliphatic hydroxyl groups excluding tert-OH is 4. The molecule has 0 aliphatic rings. The third-order valence-electron chi connectivity index (χ3n) is 3.16. The van der Waals surface area contributed by atoms with E-state index in [1.807, 2.05) is 0 Å². The van der Waals surface area contributed by atoms with Crippen molar-refractivity contribution in [3.63, 3.8) is 0 Å². The highest BCUT2D eigenvalue weighted by molar-refractivity contribution is 5.95. The lowest BCUT2D eigenvalue weighted by molar-refractivity contribution is 0.0508. The van der Waals surface area contributed by atoms with Gasteiger partial charge in [0.2, 0.25) is 0 Å². The van der Waals surface area contributed by atoms with E-state index in [0.717, 1.165) is 9.80 Å². The second-order valence-corrected chi connectivity index (χ2v) is 5.33. The Hall–Kier alpha value is -2.14. The molecule has 0 aliphatic heterocycles. The minimum Gasteiger partial charge on any atom is -0.394 e. The zero-order valence-corrected chi connectivity index (χ0v) is 13.5. The van der Waals surface area contributed by atoms with E-state index in [-0.39, 0.29) is 24.5 Å². The molecule has 1 aromatic rings. The maximum absolute atomic E-state index is 12.2. The van der Waals surface area contributed by atoms with Crippen LogP contribution in [-0.2, 0) is 0 Å². The number of rotatable bonds is 8. The van der Waals surface area contributed by atoms with Crippen LogP contribution in [0, 0.1) is 0 Å². The summed E-state index contributed by atoms with van der Waals surface area (Å²) in [5, 5.41) is 36.3. The smallest absolute Gasteiger partial charge is 0.273 e. The molecule has 0 saturated heterocycles. The van der Waals surface area contributed by atoms with Crippen LogP contribution in [0.5, 0.6) is 0 Å². The van der Waals surface area contributed by atoms with Gasteiger partial charge in [0, 0.05) is 27.2 Å². The standard InChI is InChI=1S/C14H22N4O6/c1-17(5-9(21)7-19)13(23)11-3-15-4-12(16-11)14(24)18(2)6-10(22)8-20/h3-4,9-10,19-22H,5-8H2,1-2H3. The van der Waals surface area contributed by atoms with Gasteiger partial charge >= 0.3 is 0 Å². The summed E-state index contributed by atoms with van der Waals surface area (Å²) in [5.74, 6) is -1.13.